The number of aromatic carboxylic acids is 1. The topological polar surface area (TPSA) is 69.6 Å². The Morgan fingerprint density at radius 3 is 2.62 bits per heavy atom. The molecular weight excluding hydrogens is 280 g/mol. The third-order valence-electron chi connectivity index (χ3n) is 2.96. The molecule has 0 atom stereocenters. The molecule has 0 aliphatic rings. The zero-order chi connectivity index (χ0) is 15.4. The third kappa shape index (κ3) is 3.68. The van der Waals surface area contributed by atoms with Crippen LogP contribution in [0.25, 0.3) is 0 Å². The van der Waals surface area contributed by atoms with Crippen molar-refractivity contribution in [1.29, 1.82) is 0 Å². The van der Waals surface area contributed by atoms with Crippen LogP contribution >= 0.6 is 0 Å². The van der Waals surface area contributed by atoms with E-state index in [1.54, 1.807) is 0 Å². The van der Waals surface area contributed by atoms with Crippen molar-refractivity contribution in [2.24, 2.45) is 0 Å². The molecule has 0 aliphatic heterocycles. The van der Waals surface area contributed by atoms with Crippen molar-refractivity contribution in [3.05, 3.63) is 59.2 Å². The van der Waals surface area contributed by atoms with Crippen LogP contribution < -0.4 is 5.32 Å². The monoisotopic (exact) mass is 293 g/mol. The Balaban J connectivity index is 2.02. The van der Waals surface area contributed by atoms with Crippen LogP contribution in [0.5, 0.6) is 5.75 Å². The fraction of sp³-hybridized carbons (Fsp3) is 0.133. The summed E-state index contributed by atoms with van der Waals surface area (Å²) in [6.07, 6.45) is 0.243. The Labute approximate surface area is 119 Å². The number of carbonyl (C=O) groups is 1. The van der Waals surface area contributed by atoms with E-state index in [9.17, 15) is 18.7 Å². The first-order valence-electron chi connectivity index (χ1n) is 6.21. The summed E-state index contributed by atoms with van der Waals surface area (Å²) >= 11 is 0. The molecule has 0 bridgehead atoms. The van der Waals surface area contributed by atoms with E-state index >= 15 is 0 Å². The van der Waals surface area contributed by atoms with Crippen LogP contribution in [0.1, 0.15) is 15.9 Å². The number of aromatic hydroxyl groups is 1. The van der Waals surface area contributed by atoms with Gasteiger partial charge in [0.15, 0.2) is 0 Å². The SMILES string of the molecule is O=C(O)c1cc(NCCc2cc(F)ccc2F)ccc1O. The average molecular weight is 293 g/mol. The summed E-state index contributed by atoms with van der Waals surface area (Å²) in [5, 5.41) is 21.2. The lowest BCUT2D eigenvalue weighted by atomic mass is 10.1. The molecule has 110 valence electrons. The lowest BCUT2D eigenvalue weighted by molar-refractivity contribution is 0.0694. The molecule has 0 saturated heterocycles. The highest BCUT2D eigenvalue weighted by molar-refractivity contribution is 5.91. The van der Waals surface area contributed by atoms with E-state index in [4.69, 9.17) is 5.11 Å². The molecule has 6 heteroatoms. The summed E-state index contributed by atoms with van der Waals surface area (Å²) in [5.41, 5.74) is 0.485. The van der Waals surface area contributed by atoms with Gasteiger partial charge in [-0.25, -0.2) is 13.6 Å². The molecule has 0 aliphatic carbocycles. The molecule has 2 aromatic carbocycles. The predicted molar refractivity (Wildman–Crippen MR) is 73.6 cm³/mol. The van der Waals surface area contributed by atoms with Gasteiger partial charge in [0, 0.05) is 12.2 Å². The summed E-state index contributed by atoms with van der Waals surface area (Å²) in [4.78, 5) is 10.9. The first-order chi connectivity index (χ1) is 9.97. The lowest BCUT2D eigenvalue weighted by Crippen LogP contribution is -2.07. The molecule has 0 heterocycles. The van der Waals surface area contributed by atoms with Crippen LogP contribution in [0.15, 0.2) is 36.4 Å². The molecule has 2 aromatic rings. The smallest absolute Gasteiger partial charge is 0.339 e. The summed E-state index contributed by atoms with van der Waals surface area (Å²) in [6, 6.07) is 7.27. The zero-order valence-electron chi connectivity index (χ0n) is 10.9. The number of carboxylic acids is 1. The molecule has 21 heavy (non-hydrogen) atoms. The van der Waals surface area contributed by atoms with Gasteiger partial charge in [0.05, 0.1) is 0 Å². The zero-order valence-corrected chi connectivity index (χ0v) is 10.9. The second kappa shape index (κ2) is 6.21. The Hall–Kier alpha value is -2.63. The van der Waals surface area contributed by atoms with Crippen LogP contribution in [0.2, 0.25) is 0 Å². The van der Waals surface area contributed by atoms with E-state index in [1.807, 2.05) is 0 Å². The number of hydrogen-bond acceptors (Lipinski definition) is 3. The molecule has 3 N–H and O–H groups in total. The molecule has 4 nitrogen and oxygen atoms in total. The van der Waals surface area contributed by atoms with Gasteiger partial charge in [-0.2, -0.15) is 0 Å². The second-order valence-electron chi connectivity index (χ2n) is 4.45. The van der Waals surface area contributed by atoms with Gasteiger partial charge in [-0.1, -0.05) is 0 Å². The quantitative estimate of drug-likeness (QED) is 0.741. The van der Waals surface area contributed by atoms with Gasteiger partial charge < -0.3 is 15.5 Å². The average Bonchev–Trinajstić information content (AvgIpc) is 2.44. The minimum atomic E-state index is -1.24. The van der Waals surface area contributed by atoms with Crippen LogP contribution in [0.3, 0.4) is 0 Å². The lowest BCUT2D eigenvalue weighted by Gasteiger charge is -2.09. The van der Waals surface area contributed by atoms with E-state index < -0.39 is 17.6 Å². The largest absolute Gasteiger partial charge is 0.507 e. The summed E-state index contributed by atoms with van der Waals surface area (Å²) < 4.78 is 26.4. The molecular formula is C15H13F2NO3. The number of anilines is 1. The first-order valence-corrected chi connectivity index (χ1v) is 6.21. The standard InChI is InChI=1S/C15H13F2NO3/c16-10-1-3-13(17)9(7-10)5-6-18-11-2-4-14(19)12(8-11)15(20)21/h1-4,7-8,18-19H,5-6H2,(H,20,21). The van der Waals surface area contributed by atoms with Gasteiger partial charge in [0.25, 0.3) is 0 Å². The maximum absolute atomic E-state index is 13.4. The van der Waals surface area contributed by atoms with Crippen LogP contribution in [-0.2, 0) is 6.42 Å². The van der Waals surface area contributed by atoms with E-state index in [2.05, 4.69) is 5.32 Å². The number of rotatable bonds is 5. The van der Waals surface area contributed by atoms with Crippen molar-refractivity contribution in [2.75, 3.05) is 11.9 Å². The van der Waals surface area contributed by atoms with Gasteiger partial charge in [0.2, 0.25) is 0 Å². The minimum absolute atomic E-state index is 0.225. The van der Waals surface area contributed by atoms with E-state index in [0.717, 1.165) is 18.2 Å². The van der Waals surface area contributed by atoms with Crippen LogP contribution in [0, 0.1) is 11.6 Å². The number of phenols is 1. The fourth-order valence-corrected chi connectivity index (χ4v) is 1.89. The van der Waals surface area contributed by atoms with Crippen molar-refractivity contribution < 1.29 is 23.8 Å². The number of hydrogen-bond donors (Lipinski definition) is 3. The highest BCUT2D eigenvalue weighted by Crippen LogP contribution is 2.21. The van der Waals surface area contributed by atoms with Crippen molar-refractivity contribution in [3.8, 4) is 5.75 Å². The maximum atomic E-state index is 13.4. The number of nitrogens with one attached hydrogen (secondary N) is 1. The van der Waals surface area contributed by atoms with E-state index in [-0.39, 0.29) is 23.3 Å². The molecule has 0 saturated carbocycles. The van der Waals surface area contributed by atoms with Gasteiger partial charge >= 0.3 is 5.97 Å². The summed E-state index contributed by atoms with van der Waals surface area (Å²) in [7, 11) is 0. The number of benzene rings is 2. The molecule has 0 spiro atoms. The molecule has 0 unspecified atom stereocenters. The Morgan fingerprint density at radius 1 is 1.14 bits per heavy atom. The Morgan fingerprint density at radius 2 is 1.90 bits per heavy atom. The van der Waals surface area contributed by atoms with E-state index in [0.29, 0.717) is 12.2 Å². The Kier molecular flexibility index (Phi) is 4.37. The molecule has 0 amide bonds. The van der Waals surface area contributed by atoms with Crippen LogP contribution in [0.4, 0.5) is 14.5 Å². The van der Waals surface area contributed by atoms with E-state index in [1.165, 1.54) is 18.2 Å². The van der Waals surface area contributed by atoms with Crippen molar-refractivity contribution in [1.82, 2.24) is 0 Å². The summed E-state index contributed by atoms with van der Waals surface area (Å²) in [5.74, 6) is -2.57. The Bertz CT molecular complexity index is 674. The van der Waals surface area contributed by atoms with Gasteiger partial charge in [-0.3, -0.25) is 0 Å². The van der Waals surface area contributed by atoms with Crippen molar-refractivity contribution in [3.63, 3.8) is 0 Å². The third-order valence-corrected chi connectivity index (χ3v) is 2.96. The molecule has 2 rings (SSSR count). The molecule has 0 fully saturated rings. The normalized spacial score (nSPS) is 10.4. The van der Waals surface area contributed by atoms with Gasteiger partial charge in [-0.05, 0) is 48.4 Å². The van der Waals surface area contributed by atoms with Crippen molar-refractivity contribution in [2.45, 2.75) is 6.42 Å². The molecule has 0 radical (unpaired) electrons. The van der Waals surface area contributed by atoms with Gasteiger partial charge in [-0.15, -0.1) is 0 Å². The summed E-state index contributed by atoms with van der Waals surface area (Å²) in [6.45, 7) is 0.296. The minimum Gasteiger partial charge on any atom is -0.507 e. The fourth-order valence-electron chi connectivity index (χ4n) is 1.89. The number of halogens is 2. The highest BCUT2D eigenvalue weighted by atomic mass is 19.1. The van der Waals surface area contributed by atoms with Crippen molar-refractivity contribution >= 4 is 11.7 Å². The second-order valence-corrected chi connectivity index (χ2v) is 4.45. The molecule has 0 aromatic heterocycles. The van der Waals surface area contributed by atoms with Crippen LogP contribution in [-0.4, -0.2) is 22.7 Å². The maximum Gasteiger partial charge on any atom is 0.339 e. The highest BCUT2D eigenvalue weighted by Gasteiger charge is 2.10. The van der Waals surface area contributed by atoms with Gasteiger partial charge in [0.1, 0.15) is 22.9 Å². The predicted octanol–water partition coefficient (Wildman–Crippen LogP) is 3.02. The number of carboxylic acid groups (broad SMARTS) is 1. The first kappa shape index (κ1) is 14.8.